The van der Waals surface area contributed by atoms with Gasteiger partial charge in [0.1, 0.15) is 0 Å². The van der Waals surface area contributed by atoms with Crippen molar-refractivity contribution >= 4 is 11.7 Å². The van der Waals surface area contributed by atoms with Crippen molar-refractivity contribution in [2.45, 2.75) is 38.3 Å². The molecule has 1 rings (SSSR count). The molecule has 0 spiro atoms. The molecule has 0 saturated heterocycles. The summed E-state index contributed by atoms with van der Waals surface area (Å²) < 4.78 is 0. The Morgan fingerprint density at radius 2 is 2.19 bits per heavy atom. The molecule has 0 fully saturated rings. The summed E-state index contributed by atoms with van der Waals surface area (Å²) in [6.07, 6.45) is 1.46. The fourth-order valence-electron chi connectivity index (χ4n) is 1.99. The van der Waals surface area contributed by atoms with Crippen LogP contribution in [0.1, 0.15) is 31.7 Å². The molecule has 0 aliphatic rings. The van der Waals surface area contributed by atoms with Crippen LogP contribution in [0.3, 0.4) is 0 Å². The number of hydrogen-bond acceptors (Lipinski definition) is 4. The molecule has 0 aliphatic carbocycles. The molecule has 6 heteroatoms. The number of carbonyl (C=O) groups excluding carboxylic acids is 1. The third-order valence-electron chi connectivity index (χ3n) is 3.46. The summed E-state index contributed by atoms with van der Waals surface area (Å²) in [5, 5.41) is 24.5. The predicted octanol–water partition coefficient (Wildman–Crippen LogP) is 1.18. The Morgan fingerprint density at radius 1 is 1.43 bits per heavy atom. The van der Waals surface area contributed by atoms with Gasteiger partial charge in [-0.1, -0.05) is 19.1 Å². The van der Waals surface area contributed by atoms with Gasteiger partial charge in [0.05, 0.1) is 5.60 Å². The Bertz CT molecular complexity index is 454. The van der Waals surface area contributed by atoms with Crippen molar-refractivity contribution in [1.82, 2.24) is 5.32 Å². The molecular formula is C15H25N3O3. The lowest BCUT2D eigenvalue weighted by Crippen LogP contribution is -2.44. The van der Waals surface area contributed by atoms with Crippen LogP contribution >= 0.6 is 0 Å². The monoisotopic (exact) mass is 295 g/mol. The van der Waals surface area contributed by atoms with E-state index >= 15 is 0 Å². The molecule has 0 unspecified atom stereocenters. The van der Waals surface area contributed by atoms with E-state index in [1.165, 1.54) is 0 Å². The fourth-order valence-corrected chi connectivity index (χ4v) is 1.99. The summed E-state index contributed by atoms with van der Waals surface area (Å²) in [4.78, 5) is 11.8. The van der Waals surface area contributed by atoms with E-state index in [1.807, 2.05) is 19.1 Å². The maximum atomic E-state index is 11.8. The second kappa shape index (κ2) is 8.61. The summed E-state index contributed by atoms with van der Waals surface area (Å²) in [7, 11) is 0. The minimum atomic E-state index is -0.987. The van der Waals surface area contributed by atoms with Gasteiger partial charge in [-0.15, -0.1) is 0 Å². The highest BCUT2D eigenvalue weighted by molar-refractivity contribution is 5.89. The lowest BCUT2D eigenvalue weighted by atomic mass is 9.95. The topological polar surface area (TPSA) is 108 Å². The molecule has 6 N–H and O–H groups in total. The van der Waals surface area contributed by atoms with Gasteiger partial charge in [0.2, 0.25) is 0 Å². The average Bonchev–Trinajstić information content (AvgIpc) is 2.51. The van der Waals surface area contributed by atoms with Crippen LogP contribution in [0.4, 0.5) is 10.5 Å². The van der Waals surface area contributed by atoms with Crippen molar-refractivity contribution in [1.29, 1.82) is 0 Å². The molecule has 0 aliphatic heterocycles. The number of rotatable bonds is 8. The second-order valence-electron chi connectivity index (χ2n) is 5.12. The Morgan fingerprint density at radius 3 is 2.81 bits per heavy atom. The van der Waals surface area contributed by atoms with Crippen LogP contribution in [0.2, 0.25) is 0 Å². The van der Waals surface area contributed by atoms with Gasteiger partial charge in [0.15, 0.2) is 0 Å². The van der Waals surface area contributed by atoms with Crippen molar-refractivity contribution < 1.29 is 15.0 Å². The van der Waals surface area contributed by atoms with E-state index in [-0.39, 0.29) is 19.2 Å². The molecule has 2 amide bonds. The maximum Gasteiger partial charge on any atom is 0.319 e. The minimum Gasteiger partial charge on any atom is -0.396 e. The normalized spacial score (nSPS) is 13.5. The number of urea groups is 1. The first-order valence-electron chi connectivity index (χ1n) is 7.20. The van der Waals surface area contributed by atoms with E-state index in [0.29, 0.717) is 31.5 Å². The molecule has 0 aromatic heterocycles. The van der Waals surface area contributed by atoms with Crippen molar-refractivity contribution in [2.24, 2.45) is 5.73 Å². The van der Waals surface area contributed by atoms with Gasteiger partial charge in [0, 0.05) is 25.4 Å². The smallest absolute Gasteiger partial charge is 0.319 e. The number of nitrogens with one attached hydrogen (secondary N) is 2. The Kier molecular flexibility index (Phi) is 7.14. The number of aliphatic hydroxyl groups is 2. The second-order valence-corrected chi connectivity index (χ2v) is 5.12. The Hall–Kier alpha value is -1.63. The highest BCUT2D eigenvalue weighted by atomic mass is 16.3. The minimum absolute atomic E-state index is 0.0282. The Labute approximate surface area is 125 Å². The molecular weight excluding hydrogens is 270 g/mol. The van der Waals surface area contributed by atoms with Crippen LogP contribution in [0.15, 0.2) is 24.3 Å². The van der Waals surface area contributed by atoms with Gasteiger partial charge >= 0.3 is 6.03 Å². The quantitative estimate of drug-likeness (QED) is 0.496. The van der Waals surface area contributed by atoms with Gasteiger partial charge in [-0.05, 0) is 37.0 Å². The average molecular weight is 295 g/mol. The van der Waals surface area contributed by atoms with Crippen LogP contribution in [0, 0.1) is 0 Å². The summed E-state index contributed by atoms with van der Waals surface area (Å²) in [5.74, 6) is 0. The van der Waals surface area contributed by atoms with Crippen molar-refractivity contribution in [3.05, 3.63) is 29.8 Å². The van der Waals surface area contributed by atoms with Crippen LogP contribution in [-0.4, -0.2) is 35.0 Å². The number of aliphatic hydroxyl groups excluding tert-OH is 1. The molecule has 118 valence electrons. The van der Waals surface area contributed by atoms with Gasteiger partial charge in [-0.2, -0.15) is 0 Å². The number of benzene rings is 1. The summed E-state index contributed by atoms with van der Waals surface area (Å²) in [6, 6.07) is 6.91. The number of carbonyl (C=O) groups is 1. The zero-order chi connectivity index (χ0) is 15.7. The third-order valence-corrected chi connectivity index (χ3v) is 3.46. The molecule has 0 bridgehead atoms. The molecule has 1 aromatic carbocycles. The maximum absolute atomic E-state index is 11.8. The number of anilines is 1. The standard InChI is InChI=1S/C15H25N3O3/c1-2-15(21,7-4-8-19)11-17-14(20)18-13-6-3-5-12(9-13)10-16/h3,5-6,9,19,21H,2,4,7-8,10-11,16H2,1H3,(H2,17,18,20)/t15-/m0/s1. The van der Waals surface area contributed by atoms with E-state index in [1.54, 1.807) is 12.1 Å². The van der Waals surface area contributed by atoms with Crippen molar-refractivity contribution in [3.8, 4) is 0 Å². The van der Waals surface area contributed by atoms with Crippen LogP contribution in [0.5, 0.6) is 0 Å². The molecule has 1 aromatic rings. The number of nitrogens with two attached hydrogens (primary N) is 1. The largest absolute Gasteiger partial charge is 0.396 e. The first-order chi connectivity index (χ1) is 10.0. The summed E-state index contributed by atoms with van der Waals surface area (Å²) >= 11 is 0. The van der Waals surface area contributed by atoms with E-state index in [9.17, 15) is 9.90 Å². The van der Waals surface area contributed by atoms with Gasteiger partial charge < -0.3 is 26.6 Å². The molecule has 0 radical (unpaired) electrons. The first kappa shape index (κ1) is 17.4. The van der Waals surface area contributed by atoms with E-state index in [2.05, 4.69) is 10.6 Å². The SMILES string of the molecule is CC[C@](O)(CCCO)CNC(=O)Nc1cccc(CN)c1. The zero-order valence-corrected chi connectivity index (χ0v) is 12.4. The zero-order valence-electron chi connectivity index (χ0n) is 12.4. The van der Waals surface area contributed by atoms with Crippen LogP contribution in [0.25, 0.3) is 0 Å². The lowest BCUT2D eigenvalue weighted by Gasteiger charge is -2.26. The van der Waals surface area contributed by atoms with E-state index < -0.39 is 5.60 Å². The number of hydrogen-bond donors (Lipinski definition) is 5. The van der Waals surface area contributed by atoms with E-state index in [0.717, 1.165) is 5.56 Å². The first-order valence-corrected chi connectivity index (χ1v) is 7.20. The lowest BCUT2D eigenvalue weighted by molar-refractivity contribution is 0.0243. The highest BCUT2D eigenvalue weighted by Crippen LogP contribution is 2.16. The van der Waals surface area contributed by atoms with E-state index in [4.69, 9.17) is 10.8 Å². The Balaban J connectivity index is 2.49. The predicted molar refractivity (Wildman–Crippen MR) is 82.9 cm³/mol. The van der Waals surface area contributed by atoms with Gasteiger partial charge in [-0.3, -0.25) is 0 Å². The summed E-state index contributed by atoms with van der Waals surface area (Å²) in [5.41, 5.74) is 6.15. The highest BCUT2D eigenvalue weighted by Gasteiger charge is 2.24. The van der Waals surface area contributed by atoms with Crippen LogP contribution < -0.4 is 16.4 Å². The fraction of sp³-hybridized carbons (Fsp3) is 0.533. The molecule has 0 heterocycles. The van der Waals surface area contributed by atoms with Crippen molar-refractivity contribution in [3.63, 3.8) is 0 Å². The summed E-state index contributed by atoms with van der Waals surface area (Å²) in [6.45, 7) is 2.43. The van der Waals surface area contributed by atoms with Gasteiger partial charge in [-0.25, -0.2) is 4.79 Å². The third kappa shape index (κ3) is 6.12. The number of amides is 2. The van der Waals surface area contributed by atoms with Gasteiger partial charge in [0.25, 0.3) is 0 Å². The molecule has 0 saturated carbocycles. The molecule has 21 heavy (non-hydrogen) atoms. The van der Waals surface area contributed by atoms with Crippen LogP contribution in [-0.2, 0) is 6.54 Å². The van der Waals surface area contributed by atoms with Crippen molar-refractivity contribution in [2.75, 3.05) is 18.5 Å². The molecule has 6 nitrogen and oxygen atoms in total. The molecule has 1 atom stereocenters.